The van der Waals surface area contributed by atoms with Crippen molar-refractivity contribution in [3.63, 3.8) is 0 Å². The molecule has 0 aliphatic rings. The Labute approximate surface area is 118 Å². The van der Waals surface area contributed by atoms with E-state index in [1.807, 2.05) is 16.8 Å². The summed E-state index contributed by atoms with van der Waals surface area (Å²) < 4.78 is 7.77. The van der Waals surface area contributed by atoms with Crippen LogP contribution in [0.15, 0.2) is 22.7 Å². The van der Waals surface area contributed by atoms with Crippen LogP contribution in [0.1, 0.15) is 44.0 Å². The normalized spacial score (nSPS) is 12.8. The third kappa shape index (κ3) is 2.85. The Kier molecular flexibility index (Phi) is 4.66. The molecule has 0 spiro atoms. The third-order valence-corrected chi connectivity index (χ3v) is 3.42. The molecule has 5 heteroatoms. The standard InChI is InChI=1S/C14H20ClN3O/c1-4-10-7-8-12(19-10)13(16-5-2)14-11(15)9-17-18(14)6-3/h7-9,13,16H,4-6H2,1-3H3. The molecule has 1 atom stereocenters. The van der Waals surface area contributed by atoms with Gasteiger partial charge >= 0.3 is 0 Å². The van der Waals surface area contributed by atoms with E-state index in [0.717, 1.165) is 36.7 Å². The molecule has 1 N–H and O–H groups in total. The van der Waals surface area contributed by atoms with E-state index < -0.39 is 0 Å². The number of aromatic nitrogens is 2. The number of aryl methyl sites for hydroxylation is 2. The molecule has 0 aromatic carbocycles. The van der Waals surface area contributed by atoms with Gasteiger partial charge in [0.2, 0.25) is 0 Å². The molecule has 0 fully saturated rings. The predicted molar refractivity (Wildman–Crippen MR) is 76.5 cm³/mol. The largest absolute Gasteiger partial charge is 0.464 e. The van der Waals surface area contributed by atoms with Gasteiger partial charge in [-0.1, -0.05) is 25.4 Å². The van der Waals surface area contributed by atoms with Crippen LogP contribution in [0.4, 0.5) is 0 Å². The van der Waals surface area contributed by atoms with Gasteiger partial charge < -0.3 is 9.73 Å². The Morgan fingerprint density at radius 1 is 1.37 bits per heavy atom. The fourth-order valence-corrected chi connectivity index (χ4v) is 2.44. The van der Waals surface area contributed by atoms with Gasteiger partial charge in [-0.05, 0) is 25.6 Å². The molecule has 0 aliphatic carbocycles. The molecular formula is C14H20ClN3O. The van der Waals surface area contributed by atoms with Crippen molar-refractivity contribution in [2.24, 2.45) is 0 Å². The smallest absolute Gasteiger partial charge is 0.127 e. The van der Waals surface area contributed by atoms with Crippen LogP contribution in [0.3, 0.4) is 0 Å². The second kappa shape index (κ2) is 6.26. The van der Waals surface area contributed by atoms with E-state index in [9.17, 15) is 0 Å². The quantitative estimate of drug-likeness (QED) is 0.882. The Balaban J connectivity index is 2.41. The van der Waals surface area contributed by atoms with Crippen LogP contribution in [0.2, 0.25) is 5.02 Å². The van der Waals surface area contributed by atoms with Crippen LogP contribution in [-0.2, 0) is 13.0 Å². The SMILES string of the molecule is CCNC(c1ccc(CC)o1)c1c(Cl)cnn1CC. The van der Waals surface area contributed by atoms with Crippen LogP contribution >= 0.6 is 11.6 Å². The Bertz CT molecular complexity index is 533. The minimum atomic E-state index is -0.0553. The lowest BCUT2D eigenvalue weighted by atomic mass is 10.1. The van der Waals surface area contributed by atoms with Crippen molar-refractivity contribution in [1.82, 2.24) is 15.1 Å². The van der Waals surface area contributed by atoms with E-state index in [4.69, 9.17) is 16.0 Å². The van der Waals surface area contributed by atoms with Gasteiger partial charge in [0.15, 0.2) is 0 Å². The maximum absolute atomic E-state index is 6.28. The minimum Gasteiger partial charge on any atom is -0.464 e. The van der Waals surface area contributed by atoms with E-state index in [-0.39, 0.29) is 6.04 Å². The Morgan fingerprint density at radius 3 is 2.74 bits per heavy atom. The zero-order chi connectivity index (χ0) is 13.8. The summed E-state index contributed by atoms with van der Waals surface area (Å²) >= 11 is 6.28. The topological polar surface area (TPSA) is 43.0 Å². The van der Waals surface area contributed by atoms with Crippen molar-refractivity contribution in [3.8, 4) is 0 Å². The number of hydrogen-bond donors (Lipinski definition) is 1. The highest BCUT2D eigenvalue weighted by Crippen LogP contribution is 2.29. The van der Waals surface area contributed by atoms with Gasteiger partial charge in [-0.2, -0.15) is 5.10 Å². The van der Waals surface area contributed by atoms with Crippen molar-refractivity contribution < 1.29 is 4.42 Å². The minimum absolute atomic E-state index is 0.0553. The van der Waals surface area contributed by atoms with Gasteiger partial charge in [0.05, 0.1) is 16.9 Å². The number of nitrogens with zero attached hydrogens (tertiary/aromatic N) is 2. The first-order valence-electron chi connectivity index (χ1n) is 6.74. The highest BCUT2D eigenvalue weighted by atomic mass is 35.5. The molecule has 0 amide bonds. The number of hydrogen-bond acceptors (Lipinski definition) is 3. The van der Waals surface area contributed by atoms with Gasteiger partial charge in [-0.3, -0.25) is 4.68 Å². The van der Waals surface area contributed by atoms with Crippen LogP contribution in [0.5, 0.6) is 0 Å². The second-order valence-electron chi connectivity index (χ2n) is 4.34. The monoisotopic (exact) mass is 281 g/mol. The summed E-state index contributed by atoms with van der Waals surface area (Å²) in [5, 5.41) is 8.38. The zero-order valence-electron chi connectivity index (χ0n) is 11.6. The number of furan rings is 1. The molecule has 0 saturated carbocycles. The number of rotatable bonds is 6. The molecule has 2 aromatic heterocycles. The lowest BCUT2D eigenvalue weighted by molar-refractivity contribution is 0.411. The number of halogens is 1. The molecule has 2 rings (SSSR count). The van der Waals surface area contributed by atoms with E-state index in [1.165, 1.54) is 0 Å². The third-order valence-electron chi connectivity index (χ3n) is 3.13. The van der Waals surface area contributed by atoms with Crippen molar-refractivity contribution in [1.29, 1.82) is 0 Å². The van der Waals surface area contributed by atoms with E-state index >= 15 is 0 Å². The Morgan fingerprint density at radius 2 is 2.16 bits per heavy atom. The molecule has 0 bridgehead atoms. The first kappa shape index (κ1) is 14.2. The van der Waals surface area contributed by atoms with Crippen LogP contribution in [0, 0.1) is 0 Å². The number of nitrogens with one attached hydrogen (secondary N) is 1. The van der Waals surface area contributed by atoms with Crippen molar-refractivity contribution in [3.05, 3.63) is 40.6 Å². The average Bonchev–Trinajstić information content (AvgIpc) is 3.02. The molecule has 2 aromatic rings. The predicted octanol–water partition coefficient (Wildman–Crippen LogP) is 3.41. The summed E-state index contributed by atoms with van der Waals surface area (Å²) in [7, 11) is 0. The van der Waals surface area contributed by atoms with Gasteiger partial charge in [0.1, 0.15) is 17.6 Å². The van der Waals surface area contributed by atoms with Crippen molar-refractivity contribution >= 4 is 11.6 Å². The molecule has 1 unspecified atom stereocenters. The molecule has 4 nitrogen and oxygen atoms in total. The van der Waals surface area contributed by atoms with E-state index in [2.05, 4.69) is 31.2 Å². The lowest BCUT2D eigenvalue weighted by Crippen LogP contribution is -2.24. The van der Waals surface area contributed by atoms with Gasteiger partial charge in [-0.15, -0.1) is 0 Å². The summed E-state index contributed by atoms with van der Waals surface area (Å²) in [5.74, 6) is 1.87. The highest BCUT2D eigenvalue weighted by Gasteiger charge is 2.23. The molecule has 19 heavy (non-hydrogen) atoms. The molecule has 104 valence electrons. The summed E-state index contributed by atoms with van der Waals surface area (Å²) in [4.78, 5) is 0. The van der Waals surface area contributed by atoms with E-state index in [0.29, 0.717) is 5.02 Å². The average molecular weight is 282 g/mol. The van der Waals surface area contributed by atoms with Crippen LogP contribution < -0.4 is 5.32 Å². The molecule has 0 radical (unpaired) electrons. The lowest BCUT2D eigenvalue weighted by Gasteiger charge is -2.17. The highest BCUT2D eigenvalue weighted by molar-refractivity contribution is 6.31. The van der Waals surface area contributed by atoms with Gasteiger partial charge in [0.25, 0.3) is 0 Å². The van der Waals surface area contributed by atoms with Crippen molar-refractivity contribution in [2.45, 2.75) is 39.8 Å². The van der Waals surface area contributed by atoms with Crippen LogP contribution in [0.25, 0.3) is 0 Å². The molecule has 0 saturated heterocycles. The fraction of sp³-hybridized carbons (Fsp3) is 0.500. The fourth-order valence-electron chi connectivity index (χ4n) is 2.19. The van der Waals surface area contributed by atoms with Gasteiger partial charge in [0, 0.05) is 13.0 Å². The zero-order valence-corrected chi connectivity index (χ0v) is 12.4. The summed E-state index contributed by atoms with van der Waals surface area (Å²) in [5.41, 5.74) is 0.961. The molecular weight excluding hydrogens is 262 g/mol. The van der Waals surface area contributed by atoms with E-state index in [1.54, 1.807) is 6.20 Å². The summed E-state index contributed by atoms with van der Waals surface area (Å²) in [6, 6.07) is 3.97. The maximum atomic E-state index is 6.28. The Hall–Kier alpha value is -1.26. The van der Waals surface area contributed by atoms with Gasteiger partial charge in [-0.25, -0.2) is 0 Å². The summed E-state index contributed by atoms with van der Waals surface area (Å²) in [6.45, 7) is 7.81. The maximum Gasteiger partial charge on any atom is 0.127 e. The van der Waals surface area contributed by atoms with Crippen molar-refractivity contribution in [2.75, 3.05) is 6.54 Å². The first-order chi connectivity index (χ1) is 9.21. The first-order valence-corrected chi connectivity index (χ1v) is 7.12. The molecule has 0 aliphatic heterocycles. The summed E-state index contributed by atoms with van der Waals surface area (Å²) in [6.07, 6.45) is 2.58. The van der Waals surface area contributed by atoms with Crippen LogP contribution in [-0.4, -0.2) is 16.3 Å². The second-order valence-corrected chi connectivity index (χ2v) is 4.75. The molecule has 2 heterocycles.